The Labute approximate surface area is 193 Å². The molecule has 1 aromatic heterocycles. The van der Waals surface area contributed by atoms with Gasteiger partial charge in [0.2, 0.25) is 5.91 Å². The van der Waals surface area contributed by atoms with Gasteiger partial charge in [0.15, 0.2) is 0 Å². The van der Waals surface area contributed by atoms with Crippen LogP contribution in [0.5, 0.6) is 0 Å². The number of nitrogens with one attached hydrogen (secondary N) is 1. The van der Waals surface area contributed by atoms with Crippen molar-refractivity contribution in [2.45, 2.75) is 13.0 Å². The molecule has 1 fully saturated rings. The predicted octanol–water partition coefficient (Wildman–Crippen LogP) is 4.13. The minimum atomic E-state index is -0.0799. The predicted molar refractivity (Wildman–Crippen MR) is 132 cm³/mol. The molecule has 1 saturated heterocycles. The Bertz CT molecular complexity index is 1230. The molecule has 6 nitrogen and oxygen atoms in total. The highest BCUT2D eigenvalue weighted by molar-refractivity contribution is 5.95. The average molecular weight is 438 g/mol. The van der Waals surface area contributed by atoms with Crippen LogP contribution in [0.4, 0.5) is 11.6 Å². The van der Waals surface area contributed by atoms with Crippen LogP contribution in [-0.4, -0.2) is 47.0 Å². The molecule has 1 aliphatic heterocycles. The molecule has 0 radical (unpaired) electrons. The molecule has 33 heavy (non-hydrogen) atoms. The summed E-state index contributed by atoms with van der Waals surface area (Å²) in [5.74, 6) is 1.31. The van der Waals surface area contributed by atoms with E-state index in [2.05, 4.69) is 73.6 Å². The first-order valence-electron chi connectivity index (χ1n) is 11.3. The maximum atomic E-state index is 12.7. The number of amides is 1. The zero-order chi connectivity index (χ0) is 22.5. The fourth-order valence-electron chi connectivity index (χ4n) is 4.37. The van der Waals surface area contributed by atoms with E-state index in [9.17, 15) is 4.79 Å². The highest BCUT2D eigenvalue weighted by Gasteiger charge is 2.19. The fraction of sp³-hybridized carbons (Fsp3) is 0.222. The molecule has 3 aromatic carbocycles. The zero-order valence-electron chi connectivity index (χ0n) is 18.5. The van der Waals surface area contributed by atoms with Gasteiger partial charge < -0.3 is 10.2 Å². The summed E-state index contributed by atoms with van der Waals surface area (Å²) >= 11 is 0. The fourth-order valence-corrected chi connectivity index (χ4v) is 4.37. The third kappa shape index (κ3) is 5.18. The number of aromatic nitrogens is 2. The summed E-state index contributed by atoms with van der Waals surface area (Å²) in [4.78, 5) is 26.2. The van der Waals surface area contributed by atoms with Crippen molar-refractivity contribution in [3.05, 3.63) is 96.3 Å². The molecular weight excluding hydrogens is 410 g/mol. The normalized spacial score (nSPS) is 14.4. The van der Waals surface area contributed by atoms with Gasteiger partial charge >= 0.3 is 0 Å². The van der Waals surface area contributed by atoms with Gasteiger partial charge in [0.1, 0.15) is 18.0 Å². The SMILES string of the molecule is O=C(Cc1cccc2ccccc12)Nc1cc(N2CCN(Cc3ccccc3)CC2)ncn1. The Balaban J connectivity index is 1.19. The van der Waals surface area contributed by atoms with Crippen LogP contribution >= 0.6 is 0 Å². The molecule has 166 valence electrons. The van der Waals surface area contributed by atoms with E-state index in [0.717, 1.165) is 54.9 Å². The van der Waals surface area contributed by atoms with Crippen LogP contribution in [0.2, 0.25) is 0 Å². The van der Waals surface area contributed by atoms with E-state index in [4.69, 9.17) is 0 Å². The monoisotopic (exact) mass is 437 g/mol. The van der Waals surface area contributed by atoms with Gasteiger partial charge in [-0.25, -0.2) is 9.97 Å². The van der Waals surface area contributed by atoms with Crippen LogP contribution in [0.25, 0.3) is 10.8 Å². The van der Waals surface area contributed by atoms with Crippen LogP contribution in [-0.2, 0) is 17.8 Å². The second-order valence-electron chi connectivity index (χ2n) is 8.37. The molecule has 2 heterocycles. The van der Waals surface area contributed by atoms with Gasteiger partial charge in [-0.3, -0.25) is 9.69 Å². The van der Waals surface area contributed by atoms with Crippen LogP contribution in [0.15, 0.2) is 85.2 Å². The second kappa shape index (κ2) is 9.79. The maximum Gasteiger partial charge on any atom is 0.229 e. The van der Waals surface area contributed by atoms with E-state index < -0.39 is 0 Å². The number of piperazine rings is 1. The molecule has 1 aliphatic rings. The largest absolute Gasteiger partial charge is 0.354 e. The quantitative estimate of drug-likeness (QED) is 0.491. The summed E-state index contributed by atoms with van der Waals surface area (Å²) in [6, 6.07) is 26.6. The topological polar surface area (TPSA) is 61.4 Å². The number of hydrogen-bond donors (Lipinski definition) is 1. The number of nitrogens with zero attached hydrogens (tertiary/aromatic N) is 4. The molecule has 0 unspecified atom stereocenters. The van der Waals surface area contributed by atoms with Crippen molar-refractivity contribution >= 4 is 28.3 Å². The van der Waals surface area contributed by atoms with E-state index in [1.54, 1.807) is 0 Å². The van der Waals surface area contributed by atoms with Crippen LogP contribution in [0, 0.1) is 0 Å². The molecule has 0 aliphatic carbocycles. The standard InChI is InChI=1S/C27H27N5O/c33-27(17-23-11-6-10-22-9-4-5-12-24(22)23)30-25-18-26(29-20-28-25)32-15-13-31(14-16-32)19-21-7-2-1-3-8-21/h1-12,18,20H,13-17,19H2,(H,28,29,30,33). The summed E-state index contributed by atoms with van der Waals surface area (Å²) in [5, 5.41) is 5.19. The van der Waals surface area contributed by atoms with Gasteiger partial charge in [-0.2, -0.15) is 0 Å². The summed E-state index contributed by atoms with van der Waals surface area (Å²) in [5.41, 5.74) is 2.35. The molecule has 6 heteroatoms. The third-order valence-corrected chi connectivity index (χ3v) is 6.10. The molecule has 0 bridgehead atoms. The number of benzene rings is 3. The van der Waals surface area contributed by atoms with E-state index in [0.29, 0.717) is 12.2 Å². The smallest absolute Gasteiger partial charge is 0.229 e. The van der Waals surface area contributed by atoms with Gasteiger partial charge in [0.25, 0.3) is 0 Å². The van der Waals surface area contributed by atoms with Crippen molar-refractivity contribution in [1.29, 1.82) is 0 Å². The number of anilines is 2. The number of carbonyl (C=O) groups excluding carboxylic acids is 1. The lowest BCUT2D eigenvalue weighted by atomic mass is 10.0. The number of hydrogen-bond acceptors (Lipinski definition) is 5. The summed E-state index contributed by atoms with van der Waals surface area (Å²) < 4.78 is 0. The lowest BCUT2D eigenvalue weighted by Gasteiger charge is -2.35. The highest BCUT2D eigenvalue weighted by atomic mass is 16.1. The van der Waals surface area contributed by atoms with Crippen molar-refractivity contribution in [1.82, 2.24) is 14.9 Å². The first-order valence-corrected chi connectivity index (χ1v) is 11.3. The van der Waals surface area contributed by atoms with Crippen molar-refractivity contribution in [2.24, 2.45) is 0 Å². The van der Waals surface area contributed by atoms with E-state index in [1.165, 1.54) is 11.9 Å². The van der Waals surface area contributed by atoms with Gasteiger partial charge in [-0.1, -0.05) is 72.8 Å². The first-order chi connectivity index (χ1) is 16.2. The summed E-state index contributed by atoms with van der Waals surface area (Å²) in [7, 11) is 0. The molecule has 5 rings (SSSR count). The Morgan fingerprint density at radius 2 is 1.61 bits per heavy atom. The van der Waals surface area contributed by atoms with Crippen molar-refractivity contribution < 1.29 is 4.79 Å². The second-order valence-corrected chi connectivity index (χ2v) is 8.37. The number of fused-ring (bicyclic) bond motifs is 1. The van der Waals surface area contributed by atoms with Gasteiger partial charge in [-0.05, 0) is 21.9 Å². The lowest BCUT2D eigenvalue weighted by Crippen LogP contribution is -2.46. The van der Waals surface area contributed by atoms with Crippen LogP contribution in [0.3, 0.4) is 0 Å². The third-order valence-electron chi connectivity index (χ3n) is 6.10. The van der Waals surface area contributed by atoms with Crippen molar-refractivity contribution in [3.8, 4) is 0 Å². The molecule has 0 atom stereocenters. The average Bonchev–Trinajstić information content (AvgIpc) is 2.85. The molecular formula is C27H27N5O. The Morgan fingerprint density at radius 3 is 2.45 bits per heavy atom. The Hall–Kier alpha value is -3.77. The van der Waals surface area contributed by atoms with Gasteiger partial charge in [0.05, 0.1) is 6.42 Å². The Kier molecular flexibility index (Phi) is 6.26. The number of rotatable bonds is 6. The van der Waals surface area contributed by atoms with Gasteiger partial charge in [-0.15, -0.1) is 0 Å². The summed E-state index contributed by atoms with van der Waals surface area (Å²) in [6.45, 7) is 4.71. The molecule has 0 saturated carbocycles. The molecule has 4 aromatic rings. The summed E-state index contributed by atoms with van der Waals surface area (Å²) in [6.07, 6.45) is 1.83. The van der Waals surface area contributed by atoms with E-state index in [-0.39, 0.29) is 5.91 Å². The number of carbonyl (C=O) groups is 1. The lowest BCUT2D eigenvalue weighted by molar-refractivity contribution is -0.115. The minimum absolute atomic E-state index is 0.0799. The Morgan fingerprint density at radius 1 is 0.848 bits per heavy atom. The maximum absolute atomic E-state index is 12.7. The van der Waals surface area contributed by atoms with Crippen LogP contribution in [0.1, 0.15) is 11.1 Å². The van der Waals surface area contributed by atoms with E-state index >= 15 is 0 Å². The molecule has 1 amide bonds. The highest BCUT2D eigenvalue weighted by Crippen LogP contribution is 2.20. The van der Waals surface area contributed by atoms with Crippen LogP contribution < -0.4 is 10.2 Å². The molecule has 0 spiro atoms. The van der Waals surface area contributed by atoms with Crippen molar-refractivity contribution in [2.75, 3.05) is 36.4 Å². The molecule has 1 N–H and O–H groups in total. The van der Waals surface area contributed by atoms with E-state index in [1.807, 2.05) is 30.3 Å². The first kappa shape index (κ1) is 21.1. The van der Waals surface area contributed by atoms with Gasteiger partial charge in [0, 0.05) is 38.8 Å². The zero-order valence-corrected chi connectivity index (χ0v) is 18.5. The minimum Gasteiger partial charge on any atom is -0.354 e. The van der Waals surface area contributed by atoms with Crippen molar-refractivity contribution in [3.63, 3.8) is 0 Å².